The number of rotatable bonds is 6. The van der Waals surface area contributed by atoms with Crippen LogP contribution >= 0.6 is 12.2 Å². The Morgan fingerprint density at radius 2 is 2.19 bits per heavy atom. The van der Waals surface area contributed by atoms with E-state index < -0.39 is 0 Å². The average Bonchev–Trinajstić information content (AvgIpc) is 3.05. The summed E-state index contributed by atoms with van der Waals surface area (Å²) < 4.78 is 4.98. The molecular weight excluding hydrogens is 286 g/mol. The lowest BCUT2D eigenvalue weighted by atomic mass is 9.86. The van der Waals surface area contributed by atoms with E-state index in [1.165, 1.54) is 25.7 Å². The van der Waals surface area contributed by atoms with Crippen molar-refractivity contribution in [1.29, 1.82) is 0 Å². The van der Waals surface area contributed by atoms with Gasteiger partial charge in [0.25, 0.3) is 0 Å². The third-order valence-electron chi connectivity index (χ3n) is 4.73. The summed E-state index contributed by atoms with van der Waals surface area (Å²) in [7, 11) is 3.46. The van der Waals surface area contributed by atoms with Gasteiger partial charge in [0, 0.05) is 33.7 Å². The zero-order chi connectivity index (χ0) is 15.2. The molecule has 0 radical (unpaired) electrons. The first-order valence-electron chi connectivity index (χ1n) is 7.90. The molecule has 5 nitrogen and oxygen atoms in total. The minimum atomic E-state index is 0.0797. The summed E-state index contributed by atoms with van der Waals surface area (Å²) in [6.07, 6.45) is 6.80. The molecule has 0 aliphatic heterocycles. The summed E-state index contributed by atoms with van der Waals surface area (Å²) in [5, 5.41) is 5.26. The van der Waals surface area contributed by atoms with Crippen LogP contribution in [-0.2, 0) is 9.53 Å². The Hall–Kier alpha value is -0.880. The topological polar surface area (TPSA) is 53.6 Å². The van der Waals surface area contributed by atoms with Crippen LogP contribution in [-0.4, -0.2) is 43.3 Å². The highest BCUT2D eigenvalue weighted by Crippen LogP contribution is 2.49. The minimum Gasteiger partial charge on any atom is -0.385 e. The Labute approximate surface area is 132 Å². The number of amides is 1. The monoisotopic (exact) mass is 313 g/mol. The van der Waals surface area contributed by atoms with Crippen molar-refractivity contribution in [1.82, 2.24) is 15.8 Å². The Balaban J connectivity index is 1.63. The predicted molar refractivity (Wildman–Crippen MR) is 86.6 cm³/mol. The first-order valence-corrected chi connectivity index (χ1v) is 8.31. The highest BCUT2D eigenvalue weighted by atomic mass is 32.1. The number of carbonyl (C=O) groups excluding carboxylic acids is 1. The quantitative estimate of drug-likeness (QED) is 0.444. The number of hydrazine groups is 1. The molecule has 2 rings (SSSR count). The van der Waals surface area contributed by atoms with Crippen LogP contribution in [0, 0.1) is 17.8 Å². The normalized spacial score (nSPS) is 26.7. The molecular formula is C15H27N3O2S. The summed E-state index contributed by atoms with van der Waals surface area (Å²) in [6, 6.07) is 0. The van der Waals surface area contributed by atoms with E-state index in [2.05, 4.69) is 10.7 Å². The van der Waals surface area contributed by atoms with Crippen LogP contribution in [0.2, 0.25) is 0 Å². The van der Waals surface area contributed by atoms with Gasteiger partial charge in [-0.1, -0.05) is 6.42 Å². The Morgan fingerprint density at radius 3 is 2.81 bits per heavy atom. The summed E-state index contributed by atoms with van der Waals surface area (Å²) in [5.41, 5.74) is 2.87. The van der Waals surface area contributed by atoms with Gasteiger partial charge < -0.3 is 10.1 Å². The number of fused-ring (bicyclic) bond motifs is 2. The van der Waals surface area contributed by atoms with Crippen LogP contribution in [0.3, 0.4) is 0 Å². The van der Waals surface area contributed by atoms with E-state index in [1.807, 2.05) is 0 Å². The molecule has 2 saturated carbocycles. The predicted octanol–water partition coefficient (Wildman–Crippen LogP) is 1.69. The second kappa shape index (κ2) is 7.94. The van der Waals surface area contributed by atoms with Crippen molar-refractivity contribution in [3.63, 3.8) is 0 Å². The van der Waals surface area contributed by atoms with Gasteiger partial charge in [0.2, 0.25) is 5.91 Å². The van der Waals surface area contributed by atoms with Gasteiger partial charge in [-0.05, 0) is 55.7 Å². The fourth-order valence-electron chi connectivity index (χ4n) is 3.68. The average molecular weight is 313 g/mol. The van der Waals surface area contributed by atoms with Crippen molar-refractivity contribution in [3.05, 3.63) is 0 Å². The lowest BCUT2D eigenvalue weighted by Gasteiger charge is -2.25. The number of carbonyl (C=O) groups is 1. The Kier molecular flexibility index (Phi) is 6.23. The zero-order valence-corrected chi connectivity index (χ0v) is 13.9. The second-order valence-electron chi connectivity index (χ2n) is 6.31. The largest absolute Gasteiger partial charge is 0.385 e. The van der Waals surface area contributed by atoms with Crippen molar-refractivity contribution >= 4 is 23.2 Å². The molecule has 0 aromatic carbocycles. The van der Waals surface area contributed by atoms with Crippen LogP contribution in [0.15, 0.2) is 0 Å². The van der Waals surface area contributed by atoms with Gasteiger partial charge in [-0.3, -0.25) is 15.2 Å². The van der Waals surface area contributed by atoms with E-state index in [0.29, 0.717) is 24.1 Å². The summed E-state index contributed by atoms with van der Waals surface area (Å²) in [6.45, 7) is 1.45. The Morgan fingerprint density at radius 1 is 1.38 bits per heavy atom. The Bertz CT molecular complexity index is 378. The standard InChI is InChI=1S/C15H27N3O2S/c1-18(15(21)16-6-3-7-20-2)17-14(19)10-13-9-11-4-5-12(13)8-11/h11-13H,3-10H2,1-2H3,(H,16,21)(H,17,19)/t11-,12+,13+/m1/s1. The van der Waals surface area contributed by atoms with Crippen molar-refractivity contribution in [2.24, 2.45) is 17.8 Å². The SMILES string of the molecule is COCCCNC(=S)N(C)NC(=O)C[C@@H]1C[C@@H]2CC[C@H]1C2. The minimum absolute atomic E-state index is 0.0797. The summed E-state index contributed by atoms with van der Waals surface area (Å²) >= 11 is 5.24. The van der Waals surface area contributed by atoms with Gasteiger partial charge in [0.15, 0.2) is 5.11 Å². The first kappa shape index (κ1) is 16.5. The van der Waals surface area contributed by atoms with Crippen molar-refractivity contribution < 1.29 is 9.53 Å². The van der Waals surface area contributed by atoms with Gasteiger partial charge in [-0.2, -0.15) is 0 Å². The van der Waals surface area contributed by atoms with E-state index >= 15 is 0 Å². The van der Waals surface area contributed by atoms with Crippen molar-refractivity contribution in [2.75, 3.05) is 27.3 Å². The molecule has 6 heteroatoms. The van der Waals surface area contributed by atoms with Gasteiger partial charge in [0.05, 0.1) is 0 Å². The molecule has 21 heavy (non-hydrogen) atoms. The van der Waals surface area contributed by atoms with Crippen LogP contribution in [0.5, 0.6) is 0 Å². The summed E-state index contributed by atoms with van der Waals surface area (Å²) in [5.74, 6) is 2.33. The van der Waals surface area contributed by atoms with E-state index in [1.54, 1.807) is 19.2 Å². The van der Waals surface area contributed by atoms with Gasteiger partial charge in [-0.25, -0.2) is 0 Å². The van der Waals surface area contributed by atoms with E-state index in [9.17, 15) is 4.79 Å². The number of hydrogen-bond acceptors (Lipinski definition) is 3. The van der Waals surface area contributed by atoms with E-state index in [0.717, 1.165) is 24.8 Å². The number of ether oxygens (including phenoxy) is 1. The number of nitrogens with one attached hydrogen (secondary N) is 2. The lowest BCUT2D eigenvalue weighted by Crippen LogP contribution is -2.48. The molecule has 2 fully saturated rings. The lowest BCUT2D eigenvalue weighted by molar-refractivity contribution is -0.125. The number of nitrogens with zero attached hydrogens (tertiary/aromatic N) is 1. The smallest absolute Gasteiger partial charge is 0.238 e. The molecule has 2 aliphatic rings. The molecule has 1 amide bonds. The third kappa shape index (κ3) is 4.81. The molecule has 2 N–H and O–H groups in total. The molecule has 0 heterocycles. The van der Waals surface area contributed by atoms with Crippen LogP contribution in [0.25, 0.3) is 0 Å². The fourth-order valence-corrected chi connectivity index (χ4v) is 3.83. The van der Waals surface area contributed by atoms with Crippen molar-refractivity contribution in [3.8, 4) is 0 Å². The first-order chi connectivity index (χ1) is 10.1. The maximum Gasteiger partial charge on any atom is 0.238 e. The zero-order valence-electron chi connectivity index (χ0n) is 13.1. The molecule has 0 aromatic rings. The van der Waals surface area contributed by atoms with Gasteiger partial charge >= 0.3 is 0 Å². The molecule has 3 atom stereocenters. The number of hydrogen-bond donors (Lipinski definition) is 2. The molecule has 0 unspecified atom stereocenters. The number of thiocarbonyl (C=S) groups is 1. The van der Waals surface area contributed by atoms with Crippen LogP contribution in [0.4, 0.5) is 0 Å². The number of methoxy groups -OCH3 is 1. The molecule has 0 saturated heterocycles. The van der Waals surface area contributed by atoms with Gasteiger partial charge in [0.1, 0.15) is 0 Å². The molecule has 2 aliphatic carbocycles. The maximum absolute atomic E-state index is 12.1. The molecule has 2 bridgehead atoms. The third-order valence-corrected chi connectivity index (χ3v) is 5.15. The summed E-state index contributed by atoms with van der Waals surface area (Å²) in [4.78, 5) is 12.1. The second-order valence-corrected chi connectivity index (χ2v) is 6.70. The highest BCUT2D eigenvalue weighted by Gasteiger charge is 2.40. The van der Waals surface area contributed by atoms with E-state index in [4.69, 9.17) is 17.0 Å². The fraction of sp³-hybridized carbons (Fsp3) is 0.867. The molecule has 120 valence electrons. The maximum atomic E-state index is 12.1. The highest BCUT2D eigenvalue weighted by molar-refractivity contribution is 7.80. The van der Waals surface area contributed by atoms with Crippen LogP contribution in [0.1, 0.15) is 38.5 Å². The molecule has 0 spiro atoms. The molecule has 0 aromatic heterocycles. The van der Waals surface area contributed by atoms with Crippen molar-refractivity contribution in [2.45, 2.75) is 38.5 Å². The van der Waals surface area contributed by atoms with E-state index in [-0.39, 0.29) is 5.91 Å². The van der Waals surface area contributed by atoms with Gasteiger partial charge in [-0.15, -0.1) is 0 Å². The van der Waals surface area contributed by atoms with Crippen LogP contribution < -0.4 is 10.7 Å².